The highest BCUT2D eigenvalue weighted by Crippen LogP contribution is 2.09. The van der Waals surface area contributed by atoms with Crippen LogP contribution in [0.25, 0.3) is 15.9 Å². The van der Waals surface area contributed by atoms with Crippen molar-refractivity contribution >= 4 is 46.6 Å². The zero-order valence-electron chi connectivity index (χ0n) is 30.9. The van der Waals surface area contributed by atoms with Crippen molar-refractivity contribution in [2.75, 3.05) is 38.8 Å². The maximum Gasteiger partial charge on any atom is 0.376 e. The van der Waals surface area contributed by atoms with E-state index in [2.05, 4.69) is 64.5 Å². The summed E-state index contributed by atoms with van der Waals surface area (Å²) in [5.41, 5.74) is 10.6. The van der Waals surface area contributed by atoms with Gasteiger partial charge in [-0.2, -0.15) is 0 Å². The predicted octanol–water partition coefficient (Wildman–Crippen LogP) is -2.11. The molecule has 4 aromatic heterocycles. The number of H-pyrrole nitrogens is 3. The molecule has 0 fully saturated rings. The van der Waals surface area contributed by atoms with Crippen LogP contribution < -0.4 is 34.8 Å². The second kappa shape index (κ2) is 30.9. The maximum absolute atomic E-state index is 11.4. The molecular formula is C33H46ClN9O12. The number of hydrogen-bond acceptors (Lipinski definition) is 16. The van der Waals surface area contributed by atoms with E-state index in [0.29, 0.717) is 29.0 Å². The van der Waals surface area contributed by atoms with E-state index >= 15 is 0 Å². The highest BCUT2D eigenvalue weighted by molar-refractivity contribution is 5.99. The lowest BCUT2D eigenvalue weighted by molar-refractivity contribution is -0.398. The molecule has 21 nitrogen and oxygen atoms in total. The molecule has 0 radical (unpaired) electrons. The SMILES string of the molecule is CCOC(=O)C([NH3+])C(=O)OCC.CCOC(=O)c1[nH]ccc1N.O=c1[nH]cnc2cc[nH]c12.[C-]#[N+]/C=C/NC(C(=O)OCC)C(=O)OCC.[Cl-].c1cnoc1. The Morgan fingerprint density at radius 1 is 0.891 bits per heavy atom. The summed E-state index contributed by atoms with van der Waals surface area (Å²) in [6, 6.07) is 2.80. The molecule has 0 unspecified atom stereocenters. The minimum Gasteiger partial charge on any atom is -1.00 e. The number of carbonyl (C=O) groups is 5. The first-order chi connectivity index (χ1) is 25.9. The summed E-state index contributed by atoms with van der Waals surface area (Å²) in [4.78, 5) is 81.1. The van der Waals surface area contributed by atoms with E-state index in [9.17, 15) is 28.8 Å². The van der Waals surface area contributed by atoms with Gasteiger partial charge in [0.05, 0.1) is 63.3 Å². The number of hydrogen-bond donors (Lipinski definition) is 6. The minimum absolute atomic E-state index is 0. The van der Waals surface area contributed by atoms with Gasteiger partial charge in [-0.1, -0.05) is 5.16 Å². The Kier molecular flexibility index (Phi) is 28.4. The number of carbonyl (C=O) groups excluding carboxylic acids is 5. The molecule has 0 saturated heterocycles. The van der Waals surface area contributed by atoms with Crippen LogP contribution in [0.5, 0.6) is 0 Å². The fraction of sp³-hybridized carbons (Fsp3) is 0.364. The van der Waals surface area contributed by atoms with Gasteiger partial charge in [0, 0.05) is 12.4 Å². The third-order valence-corrected chi connectivity index (χ3v) is 5.56. The molecule has 0 bridgehead atoms. The van der Waals surface area contributed by atoms with Crippen LogP contribution in [-0.4, -0.2) is 100 Å². The number of aromatic amines is 3. The lowest BCUT2D eigenvalue weighted by Gasteiger charge is -2.14. The van der Waals surface area contributed by atoms with Gasteiger partial charge in [0.15, 0.2) is 6.20 Å². The van der Waals surface area contributed by atoms with Crippen molar-refractivity contribution in [3.05, 3.63) is 89.2 Å². The summed E-state index contributed by atoms with van der Waals surface area (Å²) in [7, 11) is 0. The zero-order valence-corrected chi connectivity index (χ0v) is 31.6. The van der Waals surface area contributed by atoms with Crippen LogP contribution in [0.15, 0.2) is 71.1 Å². The molecule has 0 amide bonds. The number of rotatable bonds is 12. The molecular weight excluding hydrogens is 750 g/mol. The smallest absolute Gasteiger partial charge is 0.376 e. The summed E-state index contributed by atoms with van der Waals surface area (Å²) < 4.78 is 27.6. The van der Waals surface area contributed by atoms with E-state index in [1.54, 1.807) is 71.4 Å². The van der Waals surface area contributed by atoms with E-state index in [0.717, 1.165) is 6.20 Å². The fourth-order valence-corrected chi connectivity index (χ4v) is 3.26. The van der Waals surface area contributed by atoms with Gasteiger partial charge in [0.2, 0.25) is 6.04 Å². The third-order valence-electron chi connectivity index (χ3n) is 5.56. The van der Waals surface area contributed by atoms with Gasteiger partial charge in [-0.25, -0.2) is 33.8 Å². The van der Waals surface area contributed by atoms with E-state index in [-0.39, 0.29) is 44.4 Å². The number of quaternary nitrogens is 1. The number of anilines is 1. The monoisotopic (exact) mass is 795 g/mol. The Morgan fingerprint density at radius 3 is 1.85 bits per heavy atom. The predicted molar refractivity (Wildman–Crippen MR) is 190 cm³/mol. The largest absolute Gasteiger partial charge is 1.00 e. The quantitative estimate of drug-likeness (QED) is 0.0387. The van der Waals surface area contributed by atoms with Crippen LogP contribution in [0.1, 0.15) is 45.1 Å². The maximum atomic E-state index is 11.4. The van der Waals surface area contributed by atoms with Gasteiger partial charge in [0.1, 0.15) is 17.5 Å². The van der Waals surface area contributed by atoms with Crippen LogP contribution in [0.3, 0.4) is 0 Å². The number of esters is 5. The van der Waals surface area contributed by atoms with Crippen molar-refractivity contribution in [3.63, 3.8) is 0 Å². The average molecular weight is 796 g/mol. The summed E-state index contributed by atoms with van der Waals surface area (Å²) in [5, 5.41) is 5.79. The lowest BCUT2D eigenvalue weighted by Crippen LogP contribution is -3.00. The van der Waals surface area contributed by atoms with Crippen molar-refractivity contribution in [1.82, 2.24) is 30.4 Å². The minimum atomic E-state index is -1.22. The van der Waals surface area contributed by atoms with Crippen LogP contribution in [0.2, 0.25) is 0 Å². The lowest BCUT2D eigenvalue weighted by atomic mass is 10.3. The molecule has 4 heterocycles. The first kappa shape index (κ1) is 50.4. The van der Waals surface area contributed by atoms with E-state index in [1.165, 1.54) is 18.8 Å². The molecule has 0 atom stereocenters. The molecule has 0 aliphatic heterocycles. The Hall–Kier alpha value is -6.66. The number of nitrogens with zero attached hydrogens (tertiary/aromatic N) is 3. The van der Waals surface area contributed by atoms with Gasteiger partial charge in [-0.15, -0.1) is 0 Å². The molecule has 22 heteroatoms. The number of ether oxygens (including phenoxy) is 5. The van der Waals surface area contributed by atoms with Crippen molar-refractivity contribution in [2.45, 2.75) is 46.7 Å². The topological polar surface area (TPSA) is 305 Å². The average Bonchev–Trinajstić information content (AvgIpc) is 3.96. The number of nitrogens with one attached hydrogen (secondary N) is 4. The molecule has 4 rings (SSSR count). The first-order valence-electron chi connectivity index (χ1n) is 16.2. The summed E-state index contributed by atoms with van der Waals surface area (Å²) in [6.07, 6.45) is 10.1. The first-order valence-corrected chi connectivity index (χ1v) is 16.2. The van der Waals surface area contributed by atoms with Crippen LogP contribution in [-0.2, 0) is 42.9 Å². The van der Waals surface area contributed by atoms with Gasteiger partial charge < -0.3 is 72.4 Å². The number of fused-ring (bicyclic) bond motifs is 1. The Labute approximate surface area is 321 Å². The van der Waals surface area contributed by atoms with Crippen molar-refractivity contribution in [1.29, 1.82) is 0 Å². The van der Waals surface area contributed by atoms with Gasteiger partial charge in [0.25, 0.3) is 11.6 Å². The van der Waals surface area contributed by atoms with E-state index in [4.69, 9.17) is 17.0 Å². The standard InChI is InChI=1S/C10H14N2O4.C7H10N2O2.C7H13NO4.C6H5N3O.C3H3NO.ClH/c1-4-15-9(13)8(10(14)16-5-2)12-7-6-11-3;1-2-11-7(10)6-5(8)3-4-9-6;1-3-11-6(9)5(8)7(10)12-4-2;10-6-5-4(1-2-7-5)8-3-9-6;1-2-4-5-3-1;/h6-8,12H,4-5H2,1-2H3;3-4,9H,2,8H2,1H3;5H,3-4,8H2,1-2H3;1-3,7H,(H,8,9,10);1-3H;1H/b7-6+;;;;;. The Bertz CT molecular complexity index is 1750. The number of nitrogen functional groups attached to an aromatic ring is 1. The second-order valence-corrected chi connectivity index (χ2v) is 9.29. The molecule has 0 saturated carbocycles. The summed E-state index contributed by atoms with van der Waals surface area (Å²) in [6.45, 7) is 16.0. The fourth-order valence-electron chi connectivity index (χ4n) is 3.26. The molecule has 0 aliphatic rings. The van der Waals surface area contributed by atoms with Crippen molar-refractivity contribution in [2.24, 2.45) is 0 Å². The highest BCUT2D eigenvalue weighted by atomic mass is 35.5. The number of nitrogens with two attached hydrogens (primary N) is 1. The van der Waals surface area contributed by atoms with E-state index < -0.39 is 41.9 Å². The number of halogens is 1. The molecule has 0 aliphatic carbocycles. The molecule has 9 N–H and O–H groups in total. The second-order valence-electron chi connectivity index (χ2n) is 9.29. The number of aromatic nitrogens is 5. The Morgan fingerprint density at radius 2 is 1.44 bits per heavy atom. The molecule has 0 aromatic carbocycles. The van der Waals surface area contributed by atoms with Crippen LogP contribution in [0, 0.1) is 6.57 Å². The summed E-state index contributed by atoms with van der Waals surface area (Å²) in [5.74, 6) is -3.15. The normalized spacial score (nSPS) is 9.51. The molecule has 55 heavy (non-hydrogen) atoms. The van der Waals surface area contributed by atoms with Crippen LogP contribution in [0.4, 0.5) is 5.69 Å². The van der Waals surface area contributed by atoms with Crippen LogP contribution >= 0.6 is 0 Å². The van der Waals surface area contributed by atoms with E-state index in [1.807, 2.05) is 0 Å². The van der Waals surface area contributed by atoms with Gasteiger partial charge in [-0.05, 0) is 59.0 Å². The summed E-state index contributed by atoms with van der Waals surface area (Å²) >= 11 is 0. The molecule has 302 valence electrons. The van der Waals surface area contributed by atoms with Crippen molar-refractivity contribution in [3.8, 4) is 0 Å². The molecule has 0 spiro atoms. The zero-order chi connectivity index (χ0) is 40.7. The van der Waals surface area contributed by atoms with Gasteiger partial charge in [-0.3, -0.25) is 4.79 Å². The highest BCUT2D eigenvalue weighted by Gasteiger charge is 2.29. The molecule has 4 aromatic rings. The van der Waals surface area contributed by atoms with Gasteiger partial charge >= 0.3 is 29.8 Å². The van der Waals surface area contributed by atoms with Crippen molar-refractivity contribution < 1.29 is 70.3 Å². The third kappa shape index (κ3) is 20.8. The Balaban J connectivity index is 0.